The highest BCUT2D eigenvalue weighted by Crippen LogP contribution is 2.19. The van der Waals surface area contributed by atoms with Gasteiger partial charge in [-0.1, -0.05) is 6.07 Å². The molecule has 0 N–H and O–H groups in total. The van der Waals surface area contributed by atoms with E-state index >= 15 is 0 Å². The number of carbonyl (C=O) groups is 2. The number of benzene rings is 2. The second kappa shape index (κ2) is 16.5. The van der Waals surface area contributed by atoms with E-state index in [0.29, 0.717) is 75.5 Å². The molecule has 0 atom stereocenters. The molecule has 2 aromatic rings. The van der Waals surface area contributed by atoms with Crippen molar-refractivity contribution < 1.29 is 47.5 Å². The average molecular weight is 505 g/mol. The summed E-state index contributed by atoms with van der Waals surface area (Å²) in [4.78, 5) is 24.3. The van der Waals surface area contributed by atoms with Crippen molar-refractivity contribution in [3.63, 3.8) is 0 Å². The van der Waals surface area contributed by atoms with Crippen LogP contribution in [0.1, 0.15) is 20.7 Å². The Bertz CT molecular complexity index is 845. The van der Waals surface area contributed by atoms with Gasteiger partial charge < -0.3 is 37.9 Å². The van der Waals surface area contributed by atoms with E-state index in [1.54, 1.807) is 6.07 Å². The van der Waals surface area contributed by atoms with Crippen molar-refractivity contribution in [1.29, 1.82) is 0 Å². The Morgan fingerprint density at radius 3 is 1.14 bits per heavy atom. The molecule has 10 nitrogen and oxygen atoms in total. The third-order valence-electron chi connectivity index (χ3n) is 4.82. The quantitative estimate of drug-likeness (QED) is 0.392. The van der Waals surface area contributed by atoms with Gasteiger partial charge in [0, 0.05) is 6.07 Å². The normalized spacial score (nSPS) is 18.3. The van der Waals surface area contributed by atoms with Gasteiger partial charge in [0.15, 0.2) is 0 Å². The minimum atomic E-state index is -0.499. The first kappa shape index (κ1) is 27.4. The van der Waals surface area contributed by atoms with E-state index in [4.69, 9.17) is 37.9 Å². The SMILES string of the molecule is O=C1OCCOCCOCCOc2cccc(c2)OCCOCCOCCOC(=O)c2ccc1cc2. The molecule has 2 aliphatic rings. The summed E-state index contributed by atoms with van der Waals surface area (Å²) in [6.07, 6.45) is 0. The van der Waals surface area contributed by atoms with Gasteiger partial charge >= 0.3 is 11.9 Å². The molecule has 2 heterocycles. The summed E-state index contributed by atoms with van der Waals surface area (Å²) in [6.45, 7) is 3.81. The van der Waals surface area contributed by atoms with Crippen molar-refractivity contribution in [3.8, 4) is 11.5 Å². The maximum absolute atomic E-state index is 12.1. The first-order chi connectivity index (χ1) is 17.7. The molecule has 0 saturated heterocycles. The molecule has 0 spiro atoms. The van der Waals surface area contributed by atoms with Gasteiger partial charge in [-0.15, -0.1) is 0 Å². The van der Waals surface area contributed by atoms with Gasteiger partial charge in [-0.2, -0.15) is 0 Å². The molecule has 0 fully saturated rings. The van der Waals surface area contributed by atoms with Crippen molar-refractivity contribution in [1.82, 2.24) is 0 Å². The third-order valence-corrected chi connectivity index (χ3v) is 4.82. The number of esters is 2. The Morgan fingerprint density at radius 2 is 0.750 bits per heavy atom. The standard InChI is InChI=1S/C26H32O10/c27-25-21-4-6-22(7-5-21)26(28)36-19-15-32-11-9-30-13-17-34-24-3-1-2-23(20-24)33-16-12-29-8-10-31-14-18-35-25/h1-7,20H,8-19H2. The van der Waals surface area contributed by atoms with Crippen LogP contribution in [0.25, 0.3) is 0 Å². The van der Waals surface area contributed by atoms with E-state index in [1.807, 2.05) is 18.2 Å². The Labute approximate surface area is 210 Å². The summed E-state index contributed by atoms with van der Waals surface area (Å²) >= 11 is 0. The van der Waals surface area contributed by atoms with Crippen LogP contribution in [0, 0.1) is 0 Å². The van der Waals surface area contributed by atoms with E-state index in [0.717, 1.165) is 0 Å². The second-order valence-corrected chi connectivity index (χ2v) is 7.47. The summed E-state index contributed by atoms with van der Waals surface area (Å²) in [5, 5.41) is 0. The predicted octanol–water partition coefficient (Wildman–Crippen LogP) is 2.54. The van der Waals surface area contributed by atoms with Crippen molar-refractivity contribution in [3.05, 3.63) is 59.7 Å². The highest BCUT2D eigenvalue weighted by Gasteiger charge is 2.11. The predicted molar refractivity (Wildman–Crippen MR) is 128 cm³/mol. The van der Waals surface area contributed by atoms with Crippen LogP contribution >= 0.6 is 0 Å². The second-order valence-electron chi connectivity index (χ2n) is 7.47. The minimum Gasteiger partial charge on any atom is -0.491 e. The van der Waals surface area contributed by atoms with Crippen LogP contribution in [-0.2, 0) is 28.4 Å². The Hall–Kier alpha value is -3.18. The van der Waals surface area contributed by atoms with Crippen LogP contribution in [0.4, 0.5) is 0 Å². The van der Waals surface area contributed by atoms with Crippen molar-refractivity contribution >= 4 is 11.9 Å². The molecule has 0 radical (unpaired) electrons. The number of rotatable bonds is 0. The Balaban J connectivity index is 1.44. The fourth-order valence-corrected chi connectivity index (χ4v) is 3.03. The van der Waals surface area contributed by atoms with Gasteiger partial charge in [-0.25, -0.2) is 9.59 Å². The molecule has 36 heavy (non-hydrogen) atoms. The van der Waals surface area contributed by atoms with Crippen LogP contribution in [0.5, 0.6) is 11.5 Å². The number of ether oxygens (including phenoxy) is 8. The summed E-state index contributed by atoms with van der Waals surface area (Å²) < 4.78 is 43.5. The highest BCUT2D eigenvalue weighted by molar-refractivity contribution is 5.93. The summed E-state index contributed by atoms with van der Waals surface area (Å²) in [6, 6.07) is 13.4. The van der Waals surface area contributed by atoms with E-state index in [9.17, 15) is 9.59 Å². The third kappa shape index (κ3) is 10.6. The first-order valence-electron chi connectivity index (χ1n) is 11.8. The first-order valence-corrected chi connectivity index (χ1v) is 11.8. The maximum atomic E-state index is 12.1. The fraction of sp³-hybridized carbons (Fsp3) is 0.462. The van der Waals surface area contributed by atoms with Gasteiger partial charge in [-0.3, -0.25) is 0 Å². The molecule has 0 aromatic heterocycles. The lowest BCUT2D eigenvalue weighted by atomic mass is 10.1. The lowest BCUT2D eigenvalue weighted by Crippen LogP contribution is -2.15. The van der Waals surface area contributed by atoms with E-state index in [-0.39, 0.29) is 26.4 Å². The molecular formula is C26H32O10. The van der Waals surface area contributed by atoms with Gasteiger partial charge in [-0.05, 0) is 36.4 Å². The topological polar surface area (TPSA) is 108 Å². The lowest BCUT2D eigenvalue weighted by molar-refractivity contribution is 0.0104. The van der Waals surface area contributed by atoms with Crippen LogP contribution in [-0.4, -0.2) is 91.2 Å². The summed E-state index contributed by atoms with van der Waals surface area (Å²) in [5.74, 6) is 0.368. The number of hydrogen-bond acceptors (Lipinski definition) is 10. The molecule has 4 bridgehead atoms. The monoisotopic (exact) mass is 504 g/mol. The Kier molecular flexibility index (Phi) is 12.6. The van der Waals surface area contributed by atoms with Crippen LogP contribution in [0.15, 0.2) is 48.5 Å². The average Bonchev–Trinajstić information content (AvgIpc) is 2.90. The smallest absolute Gasteiger partial charge is 0.338 e. The molecule has 0 saturated carbocycles. The number of fused-ring (bicyclic) bond motifs is 22. The molecule has 0 unspecified atom stereocenters. The van der Waals surface area contributed by atoms with Crippen molar-refractivity contribution in [2.45, 2.75) is 0 Å². The minimum absolute atomic E-state index is 0.106. The zero-order chi connectivity index (χ0) is 25.3. The van der Waals surface area contributed by atoms with Crippen LogP contribution < -0.4 is 9.47 Å². The molecule has 2 aromatic carbocycles. The molecule has 0 aliphatic carbocycles. The fourth-order valence-electron chi connectivity index (χ4n) is 3.03. The van der Waals surface area contributed by atoms with E-state index in [2.05, 4.69) is 0 Å². The largest absolute Gasteiger partial charge is 0.491 e. The highest BCUT2D eigenvalue weighted by atomic mass is 16.6. The molecule has 0 amide bonds. The lowest BCUT2D eigenvalue weighted by Gasteiger charge is -2.10. The molecule has 196 valence electrons. The zero-order valence-corrected chi connectivity index (χ0v) is 20.2. The van der Waals surface area contributed by atoms with Crippen LogP contribution in [0.2, 0.25) is 0 Å². The van der Waals surface area contributed by atoms with Crippen molar-refractivity contribution in [2.75, 3.05) is 79.3 Å². The zero-order valence-electron chi connectivity index (χ0n) is 20.2. The van der Waals surface area contributed by atoms with Crippen LogP contribution in [0.3, 0.4) is 0 Å². The maximum Gasteiger partial charge on any atom is 0.338 e. The molecule has 4 rings (SSSR count). The number of hydrogen-bond donors (Lipinski definition) is 0. The van der Waals surface area contributed by atoms with Gasteiger partial charge in [0.05, 0.1) is 64.0 Å². The van der Waals surface area contributed by atoms with Gasteiger partial charge in [0.1, 0.15) is 37.9 Å². The molecule has 2 aliphatic heterocycles. The van der Waals surface area contributed by atoms with Gasteiger partial charge in [0.2, 0.25) is 0 Å². The van der Waals surface area contributed by atoms with E-state index < -0.39 is 11.9 Å². The number of carbonyl (C=O) groups excluding carboxylic acids is 2. The van der Waals surface area contributed by atoms with Gasteiger partial charge in [0.25, 0.3) is 0 Å². The summed E-state index contributed by atoms with van der Waals surface area (Å²) in [5.41, 5.74) is 0.663. The van der Waals surface area contributed by atoms with Crippen molar-refractivity contribution in [2.24, 2.45) is 0 Å². The molecular weight excluding hydrogens is 472 g/mol. The molecule has 10 heteroatoms. The van der Waals surface area contributed by atoms with E-state index in [1.165, 1.54) is 24.3 Å². The summed E-state index contributed by atoms with van der Waals surface area (Å²) in [7, 11) is 0. The Morgan fingerprint density at radius 1 is 0.417 bits per heavy atom.